The van der Waals surface area contributed by atoms with Gasteiger partial charge in [-0.05, 0) is 99.1 Å². The summed E-state index contributed by atoms with van der Waals surface area (Å²) >= 11 is 5.90. The van der Waals surface area contributed by atoms with Gasteiger partial charge in [-0.2, -0.15) is 0 Å². The summed E-state index contributed by atoms with van der Waals surface area (Å²) in [4.78, 5) is 11.5. The quantitative estimate of drug-likeness (QED) is 0.403. The predicted molar refractivity (Wildman–Crippen MR) is 137 cm³/mol. The van der Waals surface area contributed by atoms with Gasteiger partial charge in [-0.25, -0.2) is 4.98 Å². The van der Waals surface area contributed by atoms with Crippen LogP contribution < -0.4 is 10.2 Å². The van der Waals surface area contributed by atoms with Gasteiger partial charge in [0.05, 0.1) is 17.8 Å². The zero-order valence-corrected chi connectivity index (χ0v) is 20.1. The van der Waals surface area contributed by atoms with Crippen molar-refractivity contribution in [3.8, 4) is 5.82 Å². The molecular weight excluding hydrogens is 426 g/mol. The van der Waals surface area contributed by atoms with Crippen molar-refractivity contribution >= 4 is 23.0 Å². The normalized spacial score (nSPS) is 17.9. The van der Waals surface area contributed by atoms with Gasteiger partial charge in [0, 0.05) is 29.5 Å². The summed E-state index contributed by atoms with van der Waals surface area (Å²) in [5, 5.41) is 4.28. The minimum Gasteiger partial charge on any atom is -0.351 e. The molecule has 1 fully saturated rings. The first-order valence-electron chi connectivity index (χ1n) is 11.1. The van der Waals surface area contributed by atoms with Crippen molar-refractivity contribution < 1.29 is 0 Å². The van der Waals surface area contributed by atoms with Gasteiger partial charge in [0.1, 0.15) is 5.82 Å². The number of nitrogens with zero attached hydrogens (tertiary/aromatic N) is 4. The Kier molecular flexibility index (Phi) is 5.46. The van der Waals surface area contributed by atoms with Gasteiger partial charge in [0.25, 0.3) is 0 Å². The number of rotatable bonds is 4. The Morgan fingerprint density at radius 1 is 0.848 bits per heavy atom. The lowest BCUT2D eigenvalue weighted by Gasteiger charge is -2.28. The Balaban J connectivity index is 1.69. The van der Waals surface area contributed by atoms with Crippen LogP contribution in [0.25, 0.3) is 5.82 Å². The number of benzene rings is 1. The molecule has 0 amide bonds. The van der Waals surface area contributed by atoms with Crippen molar-refractivity contribution in [1.82, 2.24) is 19.9 Å². The second-order valence-corrected chi connectivity index (χ2v) is 9.00. The van der Waals surface area contributed by atoms with Crippen molar-refractivity contribution in [3.05, 3.63) is 107 Å². The third kappa shape index (κ3) is 3.70. The zero-order chi connectivity index (χ0) is 23.1. The number of thiocarbonyl (C=S) groups is 1. The number of hydrogen-bond acceptors (Lipinski definition) is 3. The van der Waals surface area contributed by atoms with Crippen LogP contribution in [0, 0.1) is 27.7 Å². The minimum atomic E-state index is -0.0713. The fourth-order valence-electron chi connectivity index (χ4n) is 4.75. The van der Waals surface area contributed by atoms with Gasteiger partial charge < -0.3 is 14.8 Å². The summed E-state index contributed by atoms with van der Waals surface area (Å²) in [6.07, 6.45) is 3.67. The van der Waals surface area contributed by atoms with E-state index in [0.717, 1.165) is 28.6 Å². The number of aromatic nitrogens is 3. The van der Waals surface area contributed by atoms with Gasteiger partial charge in [0.15, 0.2) is 5.11 Å². The van der Waals surface area contributed by atoms with E-state index in [4.69, 9.17) is 12.2 Å². The molecule has 33 heavy (non-hydrogen) atoms. The molecule has 5 nitrogen and oxygen atoms in total. The van der Waals surface area contributed by atoms with Crippen LogP contribution in [-0.4, -0.2) is 19.6 Å². The first kappa shape index (κ1) is 21.3. The van der Waals surface area contributed by atoms with Crippen molar-refractivity contribution in [2.75, 3.05) is 4.90 Å². The van der Waals surface area contributed by atoms with E-state index in [1.807, 2.05) is 42.7 Å². The molecule has 0 aliphatic carbocycles. The summed E-state index contributed by atoms with van der Waals surface area (Å²) < 4.78 is 2.21. The molecule has 4 aromatic rings. The highest BCUT2D eigenvalue weighted by atomic mass is 32.1. The molecule has 0 spiro atoms. The monoisotopic (exact) mass is 453 g/mol. The van der Waals surface area contributed by atoms with E-state index in [1.165, 1.54) is 16.7 Å². The molecule has 0 radical (unpaired) electrons. The van der Waals surface area contributed by atoms with Crippen LogP contribution in [0.5, 0.6) is 0 Å². The highest BCUT2D eigenvalue weighted by molar-refractivity contribution is 7.80. The fraction of sp³-hybridized carbons (Fsp3) is 0.222. The Bertz CT molecular complexity index is 1310. The summed E-state index contributed by atoms with van der Waals surface area (Å²) in [5.74, 6) is 0.916. The molecule has 1 aromatic carbocycles. The summed E-state index contributed by atoms with van der Waals surface area (Å²) in [6, 6.07) is 20.7. The van der Waals surface area contributed by atoms with Crippen LogP contribution in [0.3, 0.4) is 0 Å². The maximum Gasteiger partial charge on any atom is 0.174 e. The first-order valence-corrected chi connectivity index (χ1v) is 11.5. The van der Waals surface area contributed by atoms with Crippen LogP contribution in [0.4, 0.5) is 5.69 Å². The van der Waals surface area contributed by atoms with E-state index < -0.39 is 0 Å². The molecule has 1 aliphatic heterocycles. The van der Waals surface area contributed by atoms with Gasteiger partial charge in [-0.1, -0.05) is 18.2 Å². The number of aryl methyl sites for hydroxylation is 3. The van der Waals surface area contributed by atoms with Crippen LogP contribution >= 0.6 is 12.2 Å². The maximum atomic E-state index is 5.90. The largest absolute Gasteiger partial charge is 0.351 e. The lowest BCUT2D eigenvalue weighted by Crippen LogP contribution is -2.29. The second-order valence-electron chi connectivity index (χ2n) is 8.61. The molecule has 1 saturated heterocycles. The molecule has 6 heteroatoms. The van der Waals surface area contributed by atoms with E-state index in [9.17, 15) is 0 Å². The summed E-state index contributed by atoms with van der Waals surface area (Å²) in [7, 11) is 0. The molecule has 4 heterocycles. The van der Waals surface area contributed by atoms with Gasteiger partial charge in [-0.15, -0.1) is 0 Å². The van der Waals surface area contributed by atoms with Crippen molar-refractivity contribution in [2.45, 2.75) is 39.8 Å². The average molecular weight is 454 g/mol. The SMILES string of the molecule is Cc1ccc(N2C(=S)NC(c3ccccn3)C2c2cc(C)n(-c3ccccn3)c2C)cc1C. The number of anilines is 1. The van der Waals surface area contributed by atoms with Crippen LogP contribution in [0.1, 0.15) is 45.9 Å². The highest BCUT2D eigenvalue weighted by Gasteiger charge is 2.42. The van der Waals surface area contributed by atoms with Crippen molar-refractivity contribution in [2.24, 2.45) is 0 Å². The Morgan fingerprint density at radius 3 is 2.27 bits per heavy atom. The van der Waals surface area contributed by atoms with E-state index in [0.29, 0.717) is 5.11 Å². The molecule has 166 valence electrons. The molecule has 3 aromatic heterocycles. The van der Waals surface area contributed by atoms with Crippen molar-refractivity contribution in [3.63, 3.8) is 0 Å². The molecule has 1 aliphatic rings. The molecular formula is C27H27N5S. The number of nitrogens with one attached hydrogen (secondary N) is 1. The fourth-order valence-corrected chi connectivity index (χ4v) is 5.10. The number of pyridine rings is 2. The van der Waals surface area contributed by atoms with Crippen LogP contribution in [0.2, 0.25) is 0 Å². The third-order valence-electron chi connectivity index (χ3n) is 6.53. The Labute approximate surface area is 200 Å². The molecule has 0 bridgehead atoms. The van der Waals surface area contributed by atoms with Crippen molar-refractivity contribution in [1.29, 1.82) is 0 Å². The average Bonchev–Trinajstić information content (AvgIpc) is 3.32. The summed E-state index contributed by atoms with van der Waals surface area (Å²) in [6.45, 7) is 8.56. The lowest BCUT2D eigenvalue weighted by molar-refractivity contribution is 0.565. The number of hydrogen-bond donors (Lipinski definition) is 1. The minimum absolute atomic E-state index is 0.0434. The van der Waals surface area contributed by atoms with Gasteiger partial charge in [0.2, 0.25) is 0 Å². The second kappa shape index (κ2) is 8.45. The summed E-state index contributed by atoms with van der Waals surface area (Å²) in [5.41, 5.74) is 8.06. The van der Waals surface area contributed by atoms with E-state index >= 15 is 0 Å². The molecule has 1 N–H and O–H groups in total. The van der Waals surface area contributed by atoms with Gasteiger partial charge >= 0.3 is 0 Å². The van der Waals surface area contributed by atoms with E-state index in [-0.39, 0.29) is 12.1 Å². The van der Waals surface area contributed by atoms with Crippen LogP contribution in [0.15, 0.2) is 73.1 Å². The van der Waals surface area contributed by atoms with Crippen LogP contribution in [-0.2, 0) is 0 Å². The van der Waals surface area contributed by atoms with Gasteiger partial charge in [-0.3, -0.25) is 4.98 Å². The Morgan fingerprint density at radius 2 is 1.61 bits per heavy atom. The smallest absolute Gasteiger partial charge is 0.174 e. The van der Waals surface area contributed by atoms with E-state index in [1.54, 1.807) is 0 Å². The molecule has 2 atom stereocenters. The zero-order valence-electron chi connectivity index (χ0n) is 19.3. The molecule has 5 rings (SSSR count). The standard InChI is InChI=1S/C27H27N5S/c1-17-11-12-21(15-18(17)2)32-26(25(30-27(32)33)23-9-5-7-13-28-23)22-16-19(3)31(20(22)4)24-10-6-8-14-29-24/h5-16,25-26H,1-4H3,(H,30,33). The predicted octanol–water partition coefficient (Wildman–Crippen LogP) is 5.68. The van der Waals surface area contributed by atoms with E-state index in [2.05, 4.69) is 82.8 Å². The third-order valence-corrected chi connectivity index (χ3v) is 6.85. The lowest BCUT2D eigenvalue weighted by atomic mass is 9.96. The first-order chi connectivity index (χ1) is 16.0. The topological polar surface area (TPSA) is 46.0 Å². The molecule has 2 unspecified atom stereocenters. The Hall–Kier alpha value is -3.51. The maximum absolute atomic E-state index is 5.90. The molecule has 0 saturated carbocycles. The highest BCUT2D eigenvalue weighted by Crippen LogP contribution is 2.43.